The number of nitrogens with zero attached hydrogens (tertiary/aromatic N) is 5. The fraction of sp³-hybridized carbons (Fsp3) is 0.333. The van der Waals surface area contributed by atoms with Gasteiger partial charge in [0.15, 0.2) is 5.52 Å². The molecule has 0 saturated carbocycles. The SMILES string of the molecule is CCc1nn(C)c2c(=O)n(Cc3cccc(C)n3)cnc12. The quantitative estimate of drug-likeness (QED) is 0.729. The molecule has 0 fully saturated rings. The highest BCUT2D eigenvalue weighted by atomic mass is 16.1. The van der Waals surface area contributed by atoms with Gasteiger partial charge in [-0.15, -0.1) is 0 Å². The maximum Gasteiger partial charge on any atom is 0.279 e. The molecular formula is C15H17N5O. The van der Waals surface area contributed by atoms with E-state index in [9.17, 15) is 4.79 Å². The van der Waals surface area contributed by atoms with Crippen molar-refractivity contribution in [2.24, 2.45) is 7.05 Å². The third-order valence-electron chi connectivity index (χ3n) is 3.49. The Labute approximate surface area is 122 Å². The smallest absolute Gasteiger partial charge is 0.279 e. The van der Waals surface area contributed by atoms with Crippen LogP contribution in [0.3, 0.4) is 0 Å². The fourth-order valence-corrected chi connectivity index (χ4v) is 2.47. The van der Waals surface area contributed by atoms with Crippen LogP contribution in [-0.2, 0) is 20.0 Å². The van der Waals surface area contributed by atoms with Gasteiger partial charge in [0, 0.05) is 12.7 Å². The van der Waals surface area contributed by atoms with Crippen molar-refractivity contribution in [1.82, 2.24) is 24.3 Å². The number of pyridine rings is 1. The Kier molecular flexibility index (Phi) is 3.29. The third kappa shape index (κ3) is 2.33. The van der Waals surface area contributed by atoms with Crippen molar-refractivity contribution in [3.8, 4) is 0 Å². The van der Waals surface area contributed by atoms with E-state index < -0.39 is 0 Å². The lowest BCUT2D eigenvalue weighted by Gasteiger charge is -2.06. The van der Waals surface area contributed by atoms with Gasteiger partial charge in [-0.1, -0.05) is 13.0 Å². The van der Waals surface area contributed by atoms with Crippen LogP contribution in [0.4, 0.5) is 0 Å². The predicted octanol–water partition coefficient (Wildman–Crippen LogP) is 1.44. The summed E-state index contributed by atoms with van der Waals surface area (Å²) in [5, 5.41) is 4.36. The van der Waals surface area contributed by atoms with E-state index in [0.717, 1.165) is 23.5 Å². The van der Waals surface area contributed by atoms with Gasteiger partial charge in [0.2, 0.25) is 0 Å². The number of rotatable bonds is 3. The van der Waals surface area contributed by atoms with E-state index in [2.05, 4.69) is 15.1 Å². The lowest BCUT2D eigenvalue weighted by atomic mass is 10.3. The average Bonchev–Trinajstić information content (AvgIpc) is 2.79. The molecule has 6 heteroatoms. The molecule has 0 saturated heterocycles. The molecule has 108 valence electrons. The summed E-state index contributed by atoms with van der Waals surface area (Å²) in [5.74, 6) is 0. The first-order chi connectivity index (χ1) is 10.1. The van der Waals surface area contributed by atoms with E-state index in [1.807, 2.05) is 32.0 Å². The van der Waals surface area contributed by atoms with Crippen LogP contribution in [0.25, 0.3) is 11.0 Å². The molecule has 0 aliphatic heterocycles. The second-order valence-electron chi connectivity index (χ2n) is 5.07. The summed E-state index contributed by atoms with van der Waals surface area (Å²) in [7, 11) is 1.78. The molecule has 3 rings (SSSR count). The Bertz CT molecular complexity index is 862. The Morgan fingerprint density at radius 2 is 2.10 bits per heavy atom. The Balaban J connectivity index is 2.10. The Morgan fingerprint density at radius 1 is 1.29 bits per heavy atom. The molecule has 21 heavy (non-hydrogen) atoms. The van der Waals surface area contributed by atoms with Gasteiger partial charge >= 0.3 is 0 Å². The van der Waals surface area contributed by atoms with Gasteiger partial charge < -0.3 is 0 Å². The molecular weight excluding hydrogens is 266 g/mol. The minimum absolute atomic E-state index is 0.0852. The molecule has 0 atom stereocenters. The first-order valence-corrected chi connectivity index (χ1v) is 6.93. The van der Waals surface area contributed by atoms with E-state index in [1.165, 1.54) is 0 Å². The van der Waals surface area contributed by atoms with Gasteiger partial charge in [0.05, 0.1) is 24.3 Å². The highest BCUT2D eigenvalue weighted by Gasteiger charge is 2.14. The highest BCUT2D eigenvalue weighted by molar-refractivity contribution is 5.76. The second kappa shape index (κ2) is 5.12. The summed E-state index contributed by atoms with van der Waals surface area (Å²) in [4.78, 5) is 21.4. The second-order valence-corrected chi connectivity index (χ2v) is 5.07. The van der Waals surface area contributed by atoms with E-state index in [0.29, 0.717) is 17.6 Å². The monoisotopic (exact) mass is 283 g/mol. The van der Waals surface area contributed by atoms with Crippen molar-refractivity contribution >= 4 is 11.0 Å². The molecule has 0 aromatic carbocycles. The molecule has 3 aromatic heterocycles. The van der Waals surface area contributed by atoms with Crippen molar-refractivity contribution in [1.29, 1.82) is 0 Å². The summed E-state index contributed by atoms with van der Waals surface area (Å²) in [6.45, 7) is 4.35. The van der Waals surface area contributed by atoms with Crippen LogP contribution in [-0.4, -0.2) is 24.3 Å². The molecule has 0 unspecified atom stereocenters. The molecule has 0 N–H and O–H groups in total. The van der Waals surface area contributed by atoms with Gasteiger partial charge in [-0.25, -0.2) is 4.98 Å². The lowest BCUT2D eigenvalue weighted by Crippen LogP contribution is -2.23. The zero-order chi connectivity index (χ0) is 15.0. The molecule has 3 aromatic rings. The Morgan fingerprint density at radius 3 is 2.81 bits per heavy atom. The van der Waals surface area contributed by atoms with Gasteiger partial charge in [0.1, 0.15) is 5.52 Å². The molecule has 3 heterocycles. The maximum atomic E-state index is 12.6. The van der Waals surface area contributed by atoms with Crippen LogP contribution in [0.2, 0.25) is 0 Å². The van der Waals surface area contributed by atoms with Gasteiger partial charge in [-0.05, 0) is 25.5 Å². The fourth-order valence-electron chi connectivity index (χ4n) is 2.47. The van der Waals surface area contributed by atoms with E-state index in [4.69, 9.17) is 0 Å². The molecule has 0 aliphatic carbocycles. The number of hydrogen-bond acceptors (Lipinski definition) is 4. The molecule has 0 amide bonds. The van der Waals surface area contributed by atoms with Crippen LogP contribution in [0.1, 0.15) is 24.0 Å². The zero-order valence-corrected chi connectivity index (χ0v) is 12.4. The van der Waals surface area contributed by atoms with E-state index in [1.54, 1.807) is 22.6 Å². The molecule has 0 aliphatic rings. The van der Waals surface area contributed by atoms with Gasteiger partial charge in [-0.2, -0.15) is 5.10 Å². The van der Waals surface area contributed by atoms with E-state index in [-0.39, 0.29) is 5.56 Å². The highest BCUT2D eigenvalue weighted by Crippen LogP contribution is 2.12. The topological polar surface area (TPSA) is 65.6 Å². The van der Waals surface area contributed by atoms with Crippen molar-refractivity contribution in [2.45, 2.75) is 26.8 Å². The van der Waals surface area contributed by atoms with Crippen LogP contribution in [0.15, 0.2) is 29.3 Å². The molecule has 0 radical (unpaired) electrons. The first-order valence-electron chi connectivity index (χ1n) is 6.93. The minimum atomic E-state index is -0.0852. The molecule has 6 nitrogen and oxygen atoms in total. The summed E-state index contributed by atoms with van der Waals surface area (Å²) in [6.07, 6.45) is 2.34. The summed E-state index contributed by atoms with van der Waals surface area (Å²) < 4.78 is 3.19. The average molecular weight is 283 g/mol. The number of aryl methyl sites for hydroxylation is 3. The van der Waals surface area contributed by atoms with Crippen molar-refractivity contribution in [3.63, 3.8) is 0 Å². The number of hydrogen-bond donors (Lipinski definition) is 0. The number of fused-ring (bicyclic) bond motifs is 1. The van der Waals surface area contributed by atoms with Crippen molar-refractivity contribution in [3.05, 3.63) is 52.0 Å². The van der Waals surface area contributed by atoms with Crippen molar-refractivity contribution in [2.75, 3.05) is 0 Å². The normalized spacial score (nSPS) is 11.2. The lowest BCUT2D eigenvalue weighted by molar-refractivity contribution is 0.712. The maximum absolute atomic E-state index is 12.6. The van der Waals surface area contributed by atoms with Crippen LogP contribution in [0, 0.1) is 6.92 Å². The molecule has 0 spiro atoms. The van der Waals surface area contributed by atoms with Crippen LogP contribution >= 0.6 is 0 Å². The predicted molar refractivity (Wildman–Crippen MR) is 80.2 cm³/mol. The summed E-state index contributed by atoms with van der Waals surface area (Å²) in [5.41, 5.74) is 3.78. The van der Waals surface area contributed by atoms with E-state index >= 15 is 0 Å². The zero-order valence-electron chi connectivity index (χ0n) is 12.4. The van der Waals surface area contributed by atoms with Crippen molar-refractivity contribution < 1.29 is 0 Å². The van der Waals surface area contributed by atoms with Gasteiger partial charge in [-0.3, -0.25) is 19.0 Å². The van der Waals surface area contributed by atoms with Gasteiger partial charge in [0.25, 0.3) is 5.56 Å². The van der Waals surface area contributed by atoms with Crippen LogP contribution < -0.4 is 5.56 Å². The first kappa shape index (κ1) is 13.5. The molecule has 0 bridgehead atoms. The summed E-state index contributed by atoms with van der Waals surface area (Å²) >= 11 is 0. The minimum Gasteiger partial charge on any atom is -0.291 e. The summed E-state index contributed by atoms with van der Waals surface area (Å²) in [6, 6.07) is 5.78. The largest absolute Gasteiger partial charge is 0.291 e. The third-order valence-corrected chi connectivity index (χ3v) is 3.49. The standard InChI is InChI=1S/C15H17N5O/c1-4-12-13-14(19(3)18-12)15(21)20(9-16-13)8-11-7-5-6-10(2)17-11/h5-7,9H,4,8H2,1-3H3. The van der Waals surface area contributed by atoms with Crippen LogP contribution in [0.5, 0.6) is 0 Å². The Hall–Kier alpha value is -2.50. The number of aromatic nitrogens is 5.